The molecule has 2 heterocycles. The Morgan fingerprint density at radius 3 is 3.06 bits per heavy atom. The van der Waals surface area contributed by atoms with Gasteiger partial charge in [-0.3, -0.25) is 4.68 Å². The number of aryl methyl sites for hydroxylation is 1. The molecule has 0 aliphatic carbocycles. The van der Waals surface area contributed by atoms with E-state index in [1.807, 2.05) is 0 Å². The molecule has 0 aliphatic heterocycles. The highest BCUT2D eigenvalue weighted by atomic mass is 16.4. The van der Waals surface area contributed by atoms with Gasteiger partial charge in [-0.1, -0.05) is 5.21 Å². The Hall–Kier alpha value is -2.15. The predicted octanol–water partition coefficient (Wildman–Crippen LogP) is 0.668. The Kier molecular flexibility index (Phi) is 3.73. The van der Waals surface area contributed by atoms with Crippen molar-refractivity contribution in [1.29, 1.82) is 0 Å². The van der Waals surface area contributed by atoms with Crippen LogP contribution in [0.25, 0.3) is 0 Å². The summed E-state index contributed by atoms with van der Waals surface area (Å²) in [6.07, 6.45) is 3.40. The minimum absolute atomic E-state index is 0.211. The number of furan rings is 1. The third kappa shape index (κ3) is 2.95. The van der Waals surface area contributed by atoms with Crippen molar-refractivity contribution >= 4 is 5.97 Å². The highest BCUT2D eigenvalue weighted by Gasteiger charge is 2.12. The third-order valence-electron chi connectivity index (χ3n) is 2.49. The Balaban J connectivity index is 1.80. The van der Waals surface area contributed by atoms with E-state index in [4.69, 9.17) is 9.52 Å². The quantitative estimate of drug-likeness (QED) is 0.732. The van der Waals surface area contributed by atoms with Gasteiger partial charge in [0.05, 0.1) is 19.3 Å². The van der Waals surface area contributed by atoms with E-state index >= 15 is 0 Å². The Labute approximate surface area is 103 Å². The third-order valence-corrected chi connectivity index (χ3v) is 2.49. The van der Waals surface area contributed by atoms with Gasteiger partial charge in [0.2, 0.25) is 0 Å². The summed E-state index contributed by atoms with van der Waals surface area (Å²) in [5.74, 6) is 0.0733. The summed E-state index contributed by atoms with van der Waals surface area (Å²) in [5, 5.41) is 19.5. The minimum Gasteiger partial charge on any atom is -0.478 e. The number of nitrogens with zero attached hydrogens (tertiary/aromatic N) is 3. The Morgan fingerprint density at radius 2 is 2.44 bits per heavy atom. The fourth-order valence-corrected chi connectivity index (χ4v) is 1.60. The van der Waals surface area contributed by atoms with Crippen molar-refractivity contribution in [3.63, 3.8) is 0 Å². The van der Waals surface area contributed by atoms with Crippen LogP contribution in [-0.4, -0.2) is 32.6 Å². The van der Waals surface area contributed by atoms with E-state index in [9.17, 15) is 4.79 Å². The molecule has 0 radical (unpaired) electrons. The maximum Gasteiger partial charge on any atom is 0.339 e. The topological polar surface area (TPSA) is 93.2 Å². The van der Waals surface area contributed by atoms with E-state index in [-0.39, 0.29) is 5.56 Å². The maximum absolute atomic E-state index is 10.8. The van der Waals surface area contributed by atoms with Gasteiger partial charge >= 0.3 is 5.97 Å². The molecule has 0 atom stereocenters. The molecule has 2 rings (SSSR count). The molecule has 0 unspecified atom stereocenters. The van der Waals surface area contributed by atoms with Crippen molar-refractivity contribution in [2.24, 2.45) is 0 Å². The highest BCUT2D eigenvalue weighted by molar-refractivity contribution is 5.88. The van der Waals surface area contributed by atoms with Crippen LogP contribution in [0.4, 0.5) is 0 Å². The smallest absolute Gasteiger partial charge is 0.339 e. The van der Waals surface area contributed by atoms with Crippen LogP contribution in [-0.2, 0) is 13.1 Å². The summed E-state index contributed by atoms with van der Waals surface area (Å²) >= 11 is 0. The van der Waals surface area contributed by atoms with Crippen molar-refractivity contribution in [2.45, 2.75) is 20.0 Å². The summed E-state index contributed by atoms with van der Waals surface area (Å²) in [4.78, 5) is 10.8. The molecular weight excluding hydrogens is 236 g/mol. The molecule has 2 N–H and O–H groups in total. The molecule has 0 aliphatic rings. The molecule has 2 aromatic heterocycles. The zero-order chi connectivity index (χ0) is 13.0. The second kappa shape index (κ2) is 5.46. The molecule has 96 valence electrons. The van der Waals surface area contributed by atoms with Crippen LogP contribution in [0.15, 0.2) is 22.9 Å². The number of hydrogen-bond acceptors (Lipinski definition) is 5. The van der Waals surface area contributed by atoms with E-state index in [1.165, 1.54) is 0 Å². The first-order chi connectivity index (χ1) is 8.66. The molecular formula is C11H14N4O3. The normalized spacial score (nSPS) is 10.7. The summed E-state index contributed by atoms with van der Waals surface area (Å²) < 4.78 is 7.05. The van der Waals surface area contributed by atoms with Gasteiger partial charge in [-0.05, 0) is 13.0 Å². The lowest BCUT2D eigenvalue weighted by molar-refractivity contribution is 0.0695. The zero-order valence-electron chi connectivity index (χ0n) is 9.96. The van der Waals surface area contributed by atoms with E-state index in [0.29, 0.717) is 31.2 Å². The van der Waals surface area contributed by atoms with Crippen LogP contribution in [0.5, 0.6) is 0 Å². The Morgan fingerprint density at radius 1 is 1.61 bits per heavy atom. The van der Waals surface area contributed by atoms with Crippen molar-refractivity contribution in [3.05, 3.63) is 35.5 Å². The molecule has 0 spiro atoms. The van der Waals surface area contributed by atoms with Crippen molar-refractivity contribution in [3.8, 4) is 0 Å². The fourth-order valence-electron chi connectivity index (χ4n) is 1.60. The SMILES string of the molecule is Cc1oc(CNCCn2ccnn2)cc1C(=O)O. The van der Waals surface area contributed by atoms with E-state index in [0.717, 1.165) is 0 Å². The number of carbonyl (C=O) groups is 1. The standard InChI is InChI=1S/C11H14N4O3/c1-8-10(11(16)17)6-9(18-8)7-12-2-4-15-5-3-13-14-15/h3,5-6,12H,2,4,7H2,1H3,(H,16,17). The summed E-state index contributed by atoms with van der Waals surface area (Å²) in [7, 11) is 0. The molecule has 2 aromatic rings. The molecule has 0 amide bonds. The van der Waals surface area contributed by atoms with Gasteiger partial charge in [-0.2, -0.15) is 0 Å². The Bertz CT molecular complexity index is 518. The first-order valence-corrected chi connectivity index (χ1v) is 5.54. The lowest BCUT2D eigenvalue weighted by atomic mass is 10.2. The van der Waals surface area contributed by atoms with E-state index < -0.39 is 5.97 Å². The van der Waals surface area contributed by atoms with Gasteiger partial charge in [0.25, 0.3) is 0 Å². The number of aromatic carboxylic acids is 1. The van der Waals surface area contributed by atoms with Crippen molar-refractivity contribution in [2.75, 3.05) is 6.54 Å². The summed E-state index contributed by atoms with van der Waals surface area (Å²) in [6.45, 7) is 3.53. The minimum atomic E-state index is -0.967. The largest absolute Gasteiger partial charge is 0.478 e. The second-order valence-corrected chi connectivity index (χ2v) is 3.83. The second-order valence-electron chi connectivity index (χ2n) is 3.83. The van der Waals surface area contributed by atoms with Crippen LogP contribution in [0.3, 0.4) is 0 Å². The first kappa shape index (κ1) is 12.3. The number of aromatic nitrogens is 3. The van der Waals surface area contributed by atoms with Crippen LogP contribution in [0.1, 0.15) is 21.9 Å². The van der Waals surface area contributed by atoms with Gasteiger partial charge in [-0.15, -0.1) is 5.10 Å². The molecule has 7 heteroatoms. The van der Waals surface area contributed by atoms with Crippen molar-refractivity contribution in [1.82, 2.24) is 20.3 Å². The molecule has 0 aromatic carbocycles. The monoisotopic (exact) mass is 250 g/mol. The number of nitrogens with one attached hydrogen (secondary N) is 1. The van der Waals surface area contributed by atoms with Gasteiger partial charge in [0.15, 0.2) is 0 Å². The maximum atomic E-state index is 10.8. The van der Waals surface area contributed by atoms with Gasteiger partial charge in [0.1, 0.15) is 17.1 Å². The molecule has 0 saturated heterocycles. The summed E-state index contributed by atoms with van der Waals surface area (Å²) in [5.41, 5.74) is 0.211. The average molecular weight is 250 g/mol. The lowest BCUT2D eigenvalue weighted by Crippen LogP contribution is -2.19. The number of carboxylic acid groups (broad SMARTS) is 1. The average Bonchev–Trinajstić information content (AvgIpc) is 2.94. The van der Waals surface area contributed by atoms with Gasteiger partial charge in [-0.25, -0.2) is 4.79 Å². The molecule has 0 saturated carbocycles. The van der Waals surface area contributed by atoms with Crippen LogP contribution < -0.4 is 5.32 Å². The van der Waals surface area contributed by atoms with Crippen LogP contribution in [0, 0.1) is 6.92 Å². The number of rotatable bonds is 6. The van der Waals surface area contributed by atoms with E-state index in [2.05, 4.69) is 15.6 Å². The molecule has 7 nitrogen and oxygen atoms in total. The number of carboxylic acids is 1. The van der Waals surface area contributed by atoms with Crippen LogP contribution in [0.2, 0.25) is 0 Å². The lowest BCUT2D eigenvalue weighted by Gasteiger charge is -2.01. The highest BCUT2D eigenvalue weighted by Crippen LogP contribution is 2.14. The number of hydrogen-bond donors (Lipinski definition) is 2. The fraction of sp³-hybridized carbons (Fsp3) is 0.364. The van der Waals surface area contributed by atoms with Crippen molar-refractivity contribution < 1.29 is 14.3 Å². The van der Waals surface area contributed by atoms with Gasteiger partial charge < -0.3 is 14.8 Å². The molecule has 18 heavy (non-hydrogen) atoms. The van der Waals surface area contributed by atoms with Crippen LogP contribution >= 0.6 is 0 Å². The molecule has 0 bridgehead atoms. The summed E-state index contributed by atoms with van der Waals surface area (Å²) in [6, 6.07) is 1.54. The molecule has 0 fully saturated rings. The van der Waals surface area contributed by atoms with E-state index in [1.54, 1.807) is 30.1 Å². The first-order valence-electron chi connectivity index (χ1n) is 5.54. The predicted molar refractivity (Wildman–Crippen MR) is 62.1 cm³/mol. The van der Waals surface area contributed by atoms with Gasteiger partial charge in [0, 0.05) is 12.7 Å². The zero-order valence-corrected chi connectivity index (χ0v) is 9.96.